The van der Waals surface area contributed by atoms with E-state index in [0.29, 0.717) is 22.8 Å². The molecule has 0 radical (unpaired) electrons. The number of hydrogen-bond acceptors (Lipinski definition) is 4. The molecule has 27 heavy (non-hydrogen) atoms. The maximum Gasteiger partial charge on any atom is 0.276 e. The predicted octanol–water partition coefficient (Wildman–Crippen LogP) is 2.18. The summed E-state index contributed by atoms with van der Waals surface area (Å²) < 4.78 is 1.48. The molecule has 136 valence electrons. The molecule has 0 fully saturated rings. The lowest BCUT2D eigenvalue weighted by molar-refractivity contribution is -0.114. The standard InChI is InChI=1S/C19H17N5O3/c1-12(25)21-17-11-16(23-24(17)15-5-3-2-4-6-15)19(27)22-14-9-7-13(8-10-14)18(20)26/h2-11H,1H3,(H2,20,26)(H,21,25)(H,22,27). The highest BCUT2D eigenvalue weighted by molar-refractivity contribution is 6.04. The number of para-hydroxylation sites is 1. The van der Waals surface area contributed by atoms with Gasteiger partial charge in [0.05, 0.1) is 5.69 Å². The lowest BCUT2D eigenvalue weighted by Gasteiger charge is -2.06. The van der Waals surface area contributed by atoms with Gasteiger partial charge in [-0.15, -0.1) is 0 Å². The van der Waals surface area contributed by atoms with Crippen molar-refractivity contribution in [1.82, 2.24) is 9.78 Å². The van der Waals surface area contributed by atoms with Crippen LogP contribution in [0.3, 0.4) is 0 Å². The first-order chi connectivity index (χ1) is 12.9. The molecule has 1 heterocycles. The van der Waals surface area contributed by atoms with Crippen molar-refractivity contribution >= 4 is 29.2 Å². The maximum absolute atomic E-state index is 12.5. The number of amides is 3. The molecule has 0 unspecified atom stereocenters. The minimum absolute atomic E-state index is 0.126. The third-order valence-corrected chi connectivity index (χ3v) is 3.67. The number of primary amides is 1. The van der Waals surface area contributed by atoms with Crippen LogP contribution in [-0.2, 0) is 4.79 Å². The van der Waals surface area contributed by atoms with Crippen LogP contribution >= 0.6 is 0 Å². The molecule has 8 heteroatoms. The molecular formula is C19H17N5O3. The van der Waals surface area contributed by atoms with Crippen LogP contribution in [-0.4, -0.2) is 27.5 Å². The van der Waals surface area contributed by atoms with Crippen LogP contribution in [0.4, 0.5) is 11.5 Å². The van der Waals surface area contributed by atoms with Crippen LogP contribution in [0.25, 0.3) is 5.69 Å². The van der Waals surface area contributed by atoms with Gasteiger partial charge < -0.3 is 16.4 Å². The highest BCUT2D eigenvalue weighted by Crippen LogP contribution is 2.18. The van der Waals surface area contributed by atoms with Crippen LogP contribution < -0.4 is 16.4 Å². The van der Waals surface area contributed by atoms with Crippen molar-refractivity contribution < 1.29 is 14.4 Å². The number of carbonyl (C=O) groups is 3. The van der Waals surface area contributed by atoms with Crippen molar-refractivity contribution in [2.45, 2.75) is 6.92 Å². The molecule has 8 nitrogen and oxygen atoms in total. The second-order valence-corrected chi connectivity index (χ2v) is 5.74. The summed E-state index contributed by atoms with van der Waals surface area (Å²) >= 11 is 0. The fraction of sp³-hybridized carbons (Fsp3) is 0.0526. The van der Waals surface area contributed by atoms with E-state index in [4.69, 9.17) is 5.73 Å². The highest BCUT2D eigenvalue weighted by atomic mass is 16.2. The molecule has 0 atom stereocenters. The Kier molecular flexibility index (Phi) is 4.98. The van der Waals surface area contributed by atoms with Crippen molar-refractivity contribution in [2.24, 2.45) is 5.73 Å². The summed E-state index contributed by atoms with van der Waals surface area (Å²) in [6.07, 6.45) is 0. The second-order valence-electron chi connectivity index (χ2n) is 5.74. The van der Waals surface area contributed by atoms with Gasteiger partial charge in [0.2, 0.25) is 11.8 Å². The number of nitrogens with zero attached hydrogens (tertiary/aromatic N) is 2. The van der Waals surface area contributed by atoms with Gasteiger partial charge in [-0.2, -0.15) is 5.10 Å². The molecule has 3 amide bonds. The van der Waals surface area contributed by atoms with Crippen molar-refractivity contribution in [1.29, 1.82) is 0 Å². The number of benzene rings is 2. The van der Waals surface area contributed by atoms with Gasteiger partial charge in [-0.25, -0.2) is 4.68 Å². The van der Waals surface area contributed by atoms with Crippen LogP contribution in [0.1, 0.15) is 27.8 Å². The van der Waals surface area contributed by atoms with Crippen LogP contribution in [0.15, 0.2) is 60.7 Å². The van der Waals surface area contributed by atoms with Crippen molar-refractivity contribution in [3.63, 3.8) is 0 Å². The average Bonchev–Trinajstić information content (AvgIpc) is 3.06. The summed E-state index contributed by atoms with van der Waals surface area (Å²) in [5.41, 5.74) is 6.85. The normalized spacial score (nSPS) is 10.3. The molecule has 0 aliphatic carbocycles. The average molecular weight is 363 g/mol. The van der Waals surface area contributed by atoms with E-state index in [9.17, 15) is 14.4 Å². The van der Waals surface area contributed by atoms with Gasteiger partial charge in [0.15, 0.2) is 5.69 Å². The Hall–Kier alpha value is -3.94. The van der Waals surface area contributed by atoms with Crippen molar-refractivity contribution in [3.05, 3.63) is 71.9 Å². The molecule has 4 N–H and O–H groups in total. The van der Waals surface area contributed by atoms with Crippen LogP contribution in [0.2, 0.25) is 0 Å². The van der Waals surface area contributed by atoms with Crippen molar-refractivity contribution in [2.75, 3.05) is 10.6 Å². The zero-order valence-corrected chi connectivity index (χ0v) is 14.5. The monoisotopic (exact) mass is 363 g/mol. The molecule has 0 bridgehead atoms. The Labute approximate surface area is 155 Å². The van der Waals surface area contributed by atoms with E-state index in [2.05, 4.69) is 15.7 Å². The second kappa shape index (κ2) is 7.52. The van der Waals surface area contributed by atoms with Gasteiger partial charge in [0.1, 0.15) is 5.82 Å². The van der Waals surface area contributed by atoms with E-state index >= 15 is 0 Å². The van der Waals surface area contributed by atoms with Crippen LogP contribution in [0.5, 0.6) is 0 Å². The first-order valence-corrected chi connectivity index (χ1v) is 8.08. The lowest BCUT2D eigenvalue weighted by Crippen LogP contribution is -2.14. The molecule has 0 saturated heterocycles. The molecule has 0 aliphatic rings. The topological polar surface area (TPSA) is 119 Å². The first kappa shape index (κ1) is 17.9. The fourth-order valence-electron chi connectivity index (χ4n) is 2.44. The van der Waals surface area contributed by atoms with Gasteiger partial charge in [-0.3, -0.25) is 14.4 Å². The third kappa shape index (κ3) is 4.18. The first-order valence-electron chi connectivity index (χ1n) is 8.08. The molecule has 0 spiro atoms. The molecule has 1 aromatic heterocycles. The lowest BCUT2D eigenvalue weighted by atomic mass is 10.2. The number of anilines is 2. The van der Waals surface area contributed by atoms with E-state index in [1.165, 1.54) is 29.8 Å². The number of carbonyl (C=O) groups excluding carboxylic acids is 3. The van der Waals surface area contributed by atoms with Gasteiger partial charge in [-0.05, 0) is 36.4 Å². The fourth-order valence-corrected chi connectivity index (χ4v) is 2.44. The minimum atomic E-state index is -0.547. The van der Waals surface area contributed by atoms with Gasteiger partial charge in [0.25, 0.3) is 5.91 Å². The summed E-state index contributed by atoms with van der Waals surface area (Å²) in [7, 11) is 0. The molecule has 2 aromatic carbocycles. The van der Waals surface area contributed by atoms with Crippen LogP contribution in [0, 0.1) is 0 Å². The Bertz CT molecular complexity index is 994. The SMILES string of the molecule is CC(=O)Nc1cc(C(=O)Nc2ccc(C(N)=O)cc2)nn1-c1ccccc1. The largest absolute Gasteiger partial charge is 0.366 e. The number of nitrogens with one attached hydrogen (secondary N) is 2. The number of nitrogens with two attached hydrogens (primary N) is 1. The number of rotatable bonds is 5. The molecule has 3 aromatic rings. The Morgan fingerprint density at radius 3 is 2.22 bits per heavy atom. The summed E-state index contributed by atoms with van der Waals surface area (Å²) in [6, 6.07) is 16.8. The summed E-state index contributed by atoms with van der Waals surface area (Å²) in [5, 5.41) is 9.64. The number of aromatic nitrogens is 2. The summed E-state index contributed by atoms with van der Waals surface area (Å²) in [4.78, 5) is 35.1. The zero-order valence-electron chi connectivity index (χ0n) is 14.5. The van der Waals surface area contributed by atoms with Gasteiger partial charge in [0, 0.05) is 24.2 Å². The maximum atomic E-state index is 12.5. The molecule has 0 saturated carbocycles. The van der Waals surface area contributed by atoms with E-state index in [-0.39, 0.29) is 11.6 Å². The molecule has 0 aliphatic heterocycles. The van der Waals surface area contributed by atoms with Gasteiger partial charge >= 0.3 is 0 Å². The predicted molar refractivity (Wildman–Crippen MR) is 101 cm³/mol. The van der Waals surface area contributed by atoms with E-state index in [0.717, 1.165) is 0 Å². The third-order valence-electron chi connectivity index (χ3n) is 3.67. The highest BCUT2D eigenvalue weighted by Gasteiger charge is 2.16. The smallest absolute Gasteiger partial charge is 0.276 e. The van der Waals surface area contributed by atoms with E-state index in [1.807, 2.05) is 30.3 Å². The molecule has 3 rings (SSSR count). The van der Waals surface area contributed by atoms with E-state index in [1.54, 1.807) is 12.1 Å². The van der Waals surface area contributed by atoms with E-state index < -0.39 is 11.8 Å². The minimum Gasteiger partial charge on any atom is -0.366 e. The molecular weight excluding hydrogens is 346 g/mol. The summed E-state index contributed by atoms with van der Waals surface area (Å²) in [6.45, 7) is 1.38. The Morgan fingerprint density at radius 2 is 1.63 bits per heavy atom. The van der Waals surface area contributed by atoms with Gasteiger partial charge in [-0.1, -0.05) is 18.2 Å². The Balaban J connectivity index is 1.87. The summed E-state index contributed by atoms with van der Waals surface area (Å²) in [5.74, 6) is -0.901. The Morgan fingerprint density at radius 1 is 0.963 bits per heavy atom. The quantitative estimate of drug-likeness (QED) is 0.643. The van der Waals surface area contributed by atoms with Crippen molar-refractivity contribution in [3.8, 4) is 5.69 Å². The number of hydrogen-bond donors (Lipinski definition) is 3. The zero-order chi connectivity index (χ0) is 19.4.